The minimum absolute atomic E-state index is 0. The number of carbonyl (C=O) groups excluding carboxylic acids is 1. The molecule has 4 aromatic rings. The molecule has 5 rings (SSSR count). The van der Waals surface area contributed by atoms with Gasteiger partial charge in [-0.2, -0.15) is 0 Å². The molecule has 0 bridgehead atoms. The van der Waals surface area contributed by atoms with Crippen LogP contribution in [0.3, 0.4) is 0 Å². The number of rotatable bonds is 8. The topological polar surface area (TPSA) is 95.0 Å². The second-order valence-corrected chi connectivity index (χ2v) is 9.59. The molecule has 1 aliphatic heterocycles. The second kappa shape index (κ2) is 13.7. The molecular formula is C31H30ClFN4O4. The van der Waals surface area contributed by atoms with Crippen LogP contribution < -0.4 is 15.0 Å². The fourth-order valence-corrected chi connectivity index (χ4v) is 4.74. The predicted octanol–water partition coefficient (Wildman–Crippen LogP) is 6.84. The van der Waals surface area contributed by atoms with E-state index < -0.39 is 5.97 Å². The lowest BCUT2D eigenvalue weighted by atomic mass is 10.0. The Morgan fingerprint density at radius 3 is 2.24 bits per heavy atom. The van der Waals surface area contributed by atoms with E-state index in [0.717, 1.165) is 43.7 Å². The van der Waals surface area contributed by atoms with E-state index in [0.29, 0.717) is 17.3 Å². The van der Waals surface area contributed by atoms with Gasteiger partial charge in [-0.1, -0.05) is 24.3 Å². The number of carbonyl (C=O) groups is 2. The number of anilines is 2. The number of nitrogens with zero attached hydrogens (tertiary/aromatic N) is 3. The summed E-state index contributed by atoms with van der Waals surface area (Å²) in [4.78, 5) is 32.9. The van der Waals surface area contributed by atoms with Gasteiger partial charge in [0, 0.05) is 49.3 Å². The maximum absolute atomic E-state index is 13.3. The molecule has 1 saturated heterocycles. The molecule has 1 fully saturated rings. The monoisotopic (exact) mass is 576 g/mol. The molecule has 2 N–H and O–H groups in total. The number of nitrogens with one attached hydrogen (secondary N) is 1. The number of carboxylic acid groups (broad SMARTS) is 1. The van der Waals surface area contributed by atoms with Gasteiger partial charge >= 0.3 is 12.0 Å². The molecule has 2 heterocycles. The third-order valence-corrected chi connectivity index (χ3v) is 6.80. The van der Waals surface area contributed by atoms with Crippen molar-refractivity contribution in [2.24, 2.45) is 0 Å². The molecule has 0 saturated carbocycles. The average molecular weight is 577 g/mol. The number of ether oxygens (including phenoxy) is 1. The Balaban J connectivity index is 0.00000387. The summed E-state index contributed by atoms with van der Waals surface area (Å²) in [6.07, 6.45) is 3.37. The molecule has 0 aliphatic carbocycles. The normalized spacial score (nSPS) is 13.6. The third kappa shape index (κ3) is 7.81. The number of likely N-dealkylation sites (tertiary alicyclic amines) is 1. The first-order valence-electron chi connectivity index (χ1n) is 13.0. The van der Waals surface area contributed by atoms with Crippen LogP contribution in [0.25, 0.3) is 0 Å². The van der Waals surface area contributed by atoms with Crippen molar-refractivity contribution in [1.29, 1.82) is 0 Å². The summed E-state index contributed by atoms with van der Waals surface area (Å²) in [5, 5.41) is 11.9. The van der Waals surface area contributed by atoms with E-state index in [1.807, 2.05) is 36.4 Å². The van der Waals surface area contributed by atoms with E-state index in [1.165, 1.54) is 24.3 Å². The van der Waals surface area contributed by atoms with Crippen molar-refractivity contribution in [2.45, 2.75) is 25.4 Å². The van der Waals surface area contributed by atoms with Gasteiger partial charge in [0.05, 0.1) is 5.56 Å². The van der Waals surface area contributed by atoms with Crippen molar-refractivity contribution in [3.63, 3.8) is 0 Å². The van der Waals surface area contributed by atoms with E-state index in [4.69, 9.17) is 9.84 Å². The number of pyridine rings is 1. The molecule has 0 spiro atoms. The number of hydrogen-bond donors (Lipinski definition) is 2. The highest BCUT2D eigenvalue weighted by Gasteiger charge is 2.29. The van der Waals surface area contributed by atoms with Gasteiger partial charge < -0.3 is 15.2 Å². The lowest BCUT2D eigenvalue weighted by molar-refractivity contribution is 0.0697. The molecule has 212 valence electrons. The SMILES string of the molecule is Cl.O=C(O)c1ccc(Oc2ccc(CN3CCC(N(C(=O)Nc4ccc(F)cc4)c4ccccc4)CC3)cn2)cc1. The van der Waals surface area contributed by atoms with Gasteiger partial charge in [0.15, 0.2) is 0 Å². The maximum atomic E-state index is 13.3. The number of benzene rings is 3. The van der Waals surface area contributed by atoms with Gasteiger partial charge in [-0.05, 0) is 79.1 Å². The van der Waals surface area contributed by atoms with Crippen molar-refractivity contribution < 1.29 is 23.8 Å². The Kier molecular flexibility index (Phi) is 9.89. The molecule has 8 nitrogen and oxygen atoms in total. The highest BCUT2D eigenvalue weighted by Crippen LogP contribution is 2.26. The Labute approximate surface area is 243 Å². The van der Waals surface area contributed by atoms with Crippen LogP contribution in [0.4, 0.5) is 20.6 Å². The Hall–Kier alpha value is -4.47. The van der Waals surface area contributed by atoms with E-state index in [9.17, 15) is 14.0 Å². The molecule has 2 amide bonds. The highest BCUT2D eigenvalue weighted by atomic mass is 35.5. The molecule has 3 aromatic carbocycles. The molecule has 41 heavy (non-hydrogen) atoms. The summed E-state index contributed by atoms with van der Waals surface area (Å²) >= 11 is 0. The van der Waals surface area contributed by atoms with E-state index in [-0.39, 0.29) is 35.9 Å². The van der Waals surface area contributed by atoms with Gasteiger partial charge in [0.25, 0.3) is 0 Å². The number of halogens is 2. The van der Waals surface area contributed by atoms with Crippen LogP contribution in [-0.2, 0) is 6.54 Å². The first kappa shape index (κ1) is 29.5. The van der Waals surface area contributed by atoms with Crippen molar-refractivity contribution in [3.8, 4) is 11.6 Å². The van der Waals surface area contributed by atoms with Crippen LogP contribution in [0, 0.1) is 5.82 Å². The van der Waals surface area contributed by atoms with Gasteiger partial charge in [-0.25, -0.2) is 19.0 Å². The Morgan fingerprint density at radius 2 is 1.63 bits per heavy atom. The maximum Gasteiger partial charge on any atom is 0.335 e. The quantitative estimate of drug-likeness (QED) is 0.238. The number of amides is 2. The predicted molar refractivity (Wildman–Crippen MR) is 158 cm³/mol. The molecule has 0 unspecified atom stereocenters. The second-order valence-electron chi connectivity index (χ2n) is 9.59. The summed E-state index contributed by atoms with van der Waals surface area (Å²) in [6.45, 7) is 2.35. The first-order valence-corrected chi connectivity index (χ1v) is 13.0. The number of aromatic carboxylic acids is 1. The highest BCUT2D eigenvalue weighted by molar-refractivity contribution is 6.02. The molecule has 1 aliphatic rings. The number of piperidine rings is 1. The van der Waals surface area contributed by atoms with Crippen molar-refractivity contribution >= 4 is 35.8 Å². The molecule has 1 aromatic heterocycles. The van der Waals surface area contributed by atoms with Crippen molar-refractivity contribution in [2.75, 3.05) is 23.3 Å². The van der Waals surface area contributed by atoms with E-state index >= 15 is 0 Å². The van der Waals surface area contributed by atoms with Gasteiger partial charge in [0.1, 0.15) is 11.6 Å². The van der Waals surface area contributed by atoms with E-state index in [2.05, 4.69) is 15.2 Å². The minimum Gasteiger partial charge on any atom is -0.478 e. The zero-order chi connectivity index (χ0) is 27.9. The van der Waals surface area contributed by atoms with Crippen LogP contribution in [0.15, 0.2) is 97.2 Å². The average Bonchev–Trinajstić information content (AvgIpc) is 2.97. The van der Waals surface area contributed by atoms with Gasteiger partial charge in [-0.3, -0.25) is 9.80 Å². The fraction of sp³-hybridized carbons (Fsp3) is 0.194. The third-order valence-electron chi connectivity index (χ3n) is 6.80. The molecule has 0 atom stereocenters. The van der Waals surface area contributed by atoms with Crippen LogP contribution in [0.5, 0.6) is 11.6 Å². The van der Waals surface area contributed by atoms with Gasteiger partial charge in [0.2, 0.25) is 5.88 Å². The van der Waals surface area contributed by atoms with Gasteiger partial charge in [-0.15, -0.1) is 12.4 Å². The largest absolute Gasteiger partial charge is 0.478 e. The zero-order valence-corrected chi connectivity index (χ0v) is 23.0. The smallest absolute Gasteiger partial charge is 0.335 e. The van der Waals surface area contributed by atoms with E-state index in [1.54, 1.807) is 41.4 Å². The molecular weight excluding hydrogens is 547 g/mol. The summed E-state index contributed by atoms with van der Waals surface area (Å²) in [5.74, 6) is -0.399. The summed E-state index contributed by atoms with van der Waals surface area (Å²) < 4.78 is 19.1. The molecule has 10 heteroatoms. The summed E-state index contributed by atoms with van der Waals surface area (Å²) in [7, 11) is 0. The number of hydrogen-bond acceptors (Lipinski definition) is 5. The summed E-state index contributed by atoms with van der Waals surface area (Å²) in [5.41, 5.74) is 2.60. The number of urea groups is 1. The van der Waals surface area contributed by atoms with Crippen LogP contribution in [0.1, 0.15) is 28.8 Å². The Morgan fingerprint density at radius 1 is 0.951 bits per heavy atom. The zero-order valence-electron chi connectivity index (χ0n) is 22.2. The fourth-order valence-electron chi connectivity index (χ4n) is 4.74. The van der Waals surface area contributed by atoms with Crippen LogP contribution in [0.2, 0.25) is 0 Å². The standard InChI is InChI=1S/C31H29FN4O4.ClH/c32-24-9-11-25(12-10-24)34-31(39)36(26-4-2-1-3-5-26)27-16-18-35(19-17-27)21-22-6-15-29(33-20-22)40-28-13-7-23(8-14-28)30(37)38;/h1-15,20,27H,16-19,21H2,(H,34,39)(H,37,38);1H. The van der Waals surface area contributed by atoms with Crippen LogP contribution >= 0.6 is 12.4 Å². The lowest BCUT2D eigenvalue weighted by Crippen LogP contribution is -2.49. The van der Waals surface area contributed by atoms with Crippen LogP contribution in [-0.4, -0.2) is 46.1 Å². The lowest BCUT2D eigenvalue weighted by Gasteiger charge is -2.38. The number of para-hydroxylation sites is 1. The Bertz CT molecular complexity index is 1430. The van der Waals surface area contributed by atoms with Crippen molar-refractivity contribution in [3.05, 3.63) is 114 Å². The first-order chi connectivity index (χ1) is 19.4. The number of aromatic nitrogens is 1. The van der Waals surface area contributed by atoms with Crippen molar-refractivity contribution in [1.82, 2.24) is 9.88 Å². The molecule has 0 radical (unpaired) electrons. The summed E-state index contributed by atoms with van der Waals surface area (Å²) in [6, 6.07) is 25.1. The number of carboxylic acids is 1. The minimum atomic E-state index is -0.987.